The van der Waals surface area contributed by atoms with E-state index in [0.29, 0.717) is 16.1 Å². The van der Waals surface area contributed by atoms with Crippen molar-refractivity contribution in [2.75, 3.05) is 5.32 Å². The van der Waals surface area contributed by atoms with Crippen LogP contribution < -0.4 is 5.32 Å². The number of carboxylic acids is 1. The highest BCUT2D eigenvalue weighted by atomic mass is 35.5. The highest BCUT2D eigenvalue weighted by molar-refractivity contribution is 6.30. The van der Waals surface area contributed by atoms with E-state index >= 15 is 0 Å². The number of aromatic hydroxyl groups is 1. The Bertz CT molecular complexity index is 728. The molecule has 2 aromatic rings. The summed E-state index contributed by atoms with van der Waals surface area (Å²) in [6.45, 7) is 1.73. The van der Waals surface area contributed by atoms with E-state index in [1.54, 1.807) is 25.1 Å². The Kier molecular flexibility index (Phi) is 4.14. The molecule has 0 unspecified atom stereocenters. The molecule has 108 valence electrons. The second-order valence-corrected chi connectivity index (χ2v) is 4.86. The van der Waals surface area contributed by atoms with Gasteiger partial charge in [-0.25, -0.2) is 4.79 Å². The van der Waals surface area contributed by atoms with Crippen molar-refractivity contribution in [3.8, 4) is 5.75 Å². The molecule has 5 nitrogen and oxygen atoms in total. The first kappa shape index (κ1) is 14.9. The van der Waals surface area contributed by atoms with Crippen LogP contribution in [-0.4, -0.2) is 22.1 Å². The van der Waals surface area contributed by atoms with E-state index in [1.807, 2.05) is 0 Å². The monoisotopic (exact) mass is 305 g/mol. The lowest BCUT2D eigenvalue weighted by molar-refractivity contribution is 0.0693. The molecule has 0 aliphatic rings. The summed E-state index contributed by atoms with van der Waals surface area (Å²) in [5, 5.41) is 21.8. The van der Waals surface area contributed by atoms with Gasteiger partial charge in [-0.2, -0.15) is 0 Å². The van der Waals surface area contributed by atoms with Crippen LogP contribution in [0.15, 0.2) is 36.4 Å². The largest absolute Gasteiger partial charge is 0.505 e. The predicted octanol–water partition coefficient (Wildman–Crippen LogP) is 3.30. The van der Waals surface area contributed by atoms with Crippen LogP contribution in [0, 0.1) is 6.92 Å². The molecule has 3 N–H and O–H groups in total. The minimum atomic E-state index is -1.27. The Labute approximate surface area is 125 Å². The highest BCUT2D eigenvalue weighted by Gasteiger charge is 2.16. The van der Waals surface area contributed by atoms with E-state index in [1.165, 1.54) is 18.2 Å². The van der Waals surface area contributed by atoms with E-state index in [-0.39, 0.29) is 11.3 Å². The number of carboxylic acid groups (broad SMARTS) is 1. The van der Waals surface area contributed by atoms with Crippen molar-refractivity contribution in [2.24, 2.45) is 0 Å². The van der Waals surface area contributed by atoms with E-state index < -0.39 is 17.6 Å². The van der Waals surface area contributed by atoms with Crippen LogP contribution in [0.2, 0.25) is 5.02 Å². The molecule has 6 heteroatoms. The Balaban J connectivity index is 2.32. The third-order valence-corrected chi connectivity index (χ3v) is 3.18. The second-order valence-electron chi connectivity index (χ2n) is 4.42. The van der Waals surface area contributed by atoms with Crippen LogP contribution in [0.25, 0.3) is 0 Å². The van der Waals surface area contributed by atoms with Crippen LogP contribution in [0.5, 0.6) is 5.75 Å². The SMILES string of the molecule is Cc1cc(Cl)ccc1C(=O)Nc1cccc(C(=O)O)c1O. The third kappa shape index (κ3) is 3.14. The smallest absolute Gasteiger partial charge is 0.339 e. The van der Waals surface area contributed by atoms with Gasteiger partial charge in [0.1, 0.15) is 5.56 Å². The summed E-state index contributed by atoms with van der Waals surface area (Å²) in [5.74, 6) is -2.21. The molecular formula is C15H12ClNO4. The molecule has 21 heavy (non-hydrogen) atoms. The second kappa shape index (κ2) is 5.85. The minimum Gasteiger partial charge on any atom is -0.505 e. The van der Waals surface area contributed by atoms with Gasteiger partial charge in [0.05, 0.1) is 5.69 Å². The normalized spacial score (nSPS) is 10.2. The number of para-hydroxylation sites is 1. The van der Waals surface area contributed by atoms with Crippen molar-refractivity contribution in [3.63, 3.8) is 0 Å². The van der Waals surface area contributed by atoms with Crippen molar-refractivity contribution in [1.29, 1.82) is 0 Å². The van der Waals surface area contributed by atoms with Gasteiger partial charge in [-0.05, 0) is 42.8 Å². The first-order valence-electron chi connectivity index (χ1n) is 6.03. The van der Waals surface area contributed by atoms with Crippen LogP contribution >= 0.6 is 11.6 Å². The molecular weight excluding hydrogens is 294 g/mol. The molecule has 2 rings (SSSR count). The van der Waals surface area contributed by atoms with Gasteiger partial charge in [-0.1, -0.05) is 17.7 Å². The lowest BCUT2D eigenvalue weighted by Crippen LogP contribution is -2.14. The maximum Gasteiger partial charge on any atom is 0.339 e. The minimum absolute atomic E-state index is 0.0363. The Morgan fingerprint density at radius 2 is 1.86 bits per heavy atom. The van der Waals surface area contributed by atoms with Gasteiger partial charge in [0.15, 0.2) is 5.75 Å². The molecule has 0 spiro atoms. The third-order valence-electron chi connectivity index (χ3n) is 2.95. The summed E-state index contributed by atoms with van der Waals surface area (Å²) < 4.78 is 0. The maximum absolute atomic E-state index is 12.2. The summed E-state index contributed by atoms with van der Waals surface area (Å²) in [6.07, 6.45) is 0. The summed E-state index contributed by atoms with van der Waals surface area (Å²) in [4.78, 5) is 23.1. The van der Waals surface area contributed by atoms with E-state index in [0.717, 1.165) is 0 Å². The molecule has 2 aromatic carbocycles. The zero-order valence-corrected chi connectivity index (χ0v) is 11.8. The lowest BCUT2D eigenvalue weighted by atomic mass is 10.1. The number of anilines is 1. The van der Waals surface area contributed by atoms with Crippen molar-refractivity contribution >= 4 is 29.2 Å². The number of benzene rings is 2. The lowest BCUT2D eigenvalue weighted by Gasteiger charge is -2.10. The Morgan fingerprint density at radius 3 is 2.48 bits per heavy atom. The molecule has 0 aliphatic heterocycles. The fourth-order valence-corrected chi connectivity index (χ4v) is 2.12. The molecule has 0 saturated heterocycles. The molecule has 0 radical (unpaired) electrons. The first-order chi connectivity index (χ1) is 9.90. The van der Waals surface area contributed by atoms with Gasteiger partial charge < -0.3 is 15.5 Å². The zero-order valence-electron chi connectivity index (χ0n) is 11.1. The fraction of sp³-hybridized carbons (Fsp3) is 0.0667. The molecule has 0 bridgehead atoms. The molecule has 1 amide bonds. The maximum atomic E-state index is 12.2. The van der Waals surface area contributed by atoms with Crippen LogP contribution in [0.3, 0.4) is 0 Å². The molecule has 0 fully saturated rings. The molecule has 0 heterocycles. The topological polar surface area (TPSA) is 86.6 Å². The summed E-state index contributed by atoms with van der Waals surface area (Å²) in [5.41, 5.74) is 0.822. The number of carbonyl (C=O) groups excluding carboxylic acids is 1. The number of carbonyl (C=O) groups is 2. The number of nitrogens with one attached hydrogen (secondary N) is 1. The van der Waals surface area contributed by atoms with E-state index in [4.69, 9.17) is 16.7 Å². The molecule has 0 aliphatic carbocycles. The number of halogens is 1. The number of aromatic carboxylic acids is 1. The van der Waals surface area contributed by atoms with E-state index in [9.17, 15) is 14.7 Å². The molecule has 0 saturated carbocycles. The van der Waals surface area contributed by atoms with Gasteiger partial charge in [-0.3, -0.25) is 4.79 Å². The zero-order chi connectivity index (χ0) is 15.6. The molecule has 0 aromatic heterocycles. The van der Waals surface area contributed by atoms with Gasteiger partial charge in [0.25, 0.3) is 5.91 Å². The fourth-order valence-electron chi connectivity index (χ4n) is 1.89. The predicted molar refractivity (Wildman–Crippen MR) is 79.2 cm³/mol. The number of aryl methyl sites for hydroxylation is 1. The number of rotatable bonds is 3. The average Bonchev–Trinajstić information content (AvgIpc) is 2.40. The number of amides is 1. The summed E-state index contributed by atoms with van der Waals surface area (Å²) in [6, 6.07) is 8.89. The summed E-state index contributed by atoms with van der Waals surface area (Å²) in [7, 11) is 0. The molecule has 0 atom stereocenters. The van der Waals surface area contributed by atoms with Crippen LogP contribution in [-0.2, 0) is 0 Å². The van der Waals surface area contributed by atoms with Crippen molar-refractivity contribution < 1.29 is 19.8 Å². The summed E-state index contributed by atoms with van der Waals surface area (Å²) >= 11 is 5.83. The Morgan fingerprint density at radius 1 is 1.14 bits per heavy atom. The first-order valence-corrected chi connectivity index (χ1v) is 6.40. The number of phenols is 1. The van der Waals surface area contributed by atoms with Gasteiger partial charge in [-0.15, -0.1) is 0 Å². The van der Waals surface area contributed by atoms with Gasteiger partial charge >= 0.3 is 5.97 Å². The average molecular weight is 306 g/mol. The Hall–Kier alpha value is -2.53. The number of hydrogen-bond donors (Lipinski definition) is 3. The van der Waals surface area contributed by atoms with Crippen LogP contribution in [0.1, 0.15) is 26.3 Å². The number of hydrogen-bond acceptors (Lipinski definition) is 3. The van der Waals surface area contributed by atoms with Gasteiger partial charge in [0, 0.05) is 10.6 Å². The highest BCUT2D eigenvalue weighted by Crippen LogP contribution is 2.28. The van der Waals surface area contributed by atoms with Crippen molar-refractivity contribution in [2.45, 2.75) is 6.92 Å². The van der Waals surface area contributed by atoms with Gasteiger partial charge in [0.2, 0.25) is 0 Å². The van der Waals surface area contributed by atoms with Crippen molar-refractivity contribution in [3.05, 3.63) is 58.1 Å². The van der Waals surface area contributed by atoms with Crippen LogP contribution in [0.4, 0.5) is 5.69 Å². The van der Waals surface area contributed by atoms with E-state index in [2.05, 4.69) is 5.32 Å². The standard InChI is InChI=1S/C15H12ClNO4/c1-8-7-9(16)5-6-10(8)14(19)17-12-4-2-3-11(13(12)18)15(20)21/h2-7,18H,1H3,(H,17,19)(H,20,21). The quantitative estimate of drug-likeness (QED) is 0.759. The van der Waals surface area contributed by atoms with Crippen molar-refractivity contribution in [1.82, 2.24) is 0 Å².